The Hall–Kier alpha value is -2.00. The average Bonchev–Trinajstić information content (AvgIpc) is 3.55. The SMILES string of the molecule is CC(/C=C/[C@@H]1C[C@]2(CO2)CC(C)(C)O1)=C\CC1OCC(N(C)C(=O)/C=C\[C@H](C)OC(=O)C(C)C)CO1. The molecule has 3 aliphatic rings. The molecule has 3 aliphatic heterocycles. The smallest absolute Gasteiger partial charge is 0.308 e. The second-order valence-corrected chi connectivity index (χ2v) is 11.2. The third-order valence-corrected chi connectivity index (χ3v) is 6.68. The van der Waals surface area contributed by atoms with E-state index in [0.717, 1.165) is 25.0 Å². The number of ether oxygens (including phenoxy) is 5. The van der Waals surface area contributed by atoms with Crippen molar-refractivity contribution in [1.29, 1.82) is 0 Å². The van der Waals surface area contributed by atoms with Crippen LogP contribution in [0.3, 0.4) is 0 Å². The van der Waals surface area contributed by atoms with Crippen LogP contribution in [0.1, 0.15) is 60.8 Å². The molecule has 3 heterocycles. The molecule has 1 spiro atoms. The summed E-state index contributed by atoms with van der Waals surface area (Å²) >= 11 is 0. The fourth-order valence-electron chi connectivity index (χ4n) is 4.51. The van der Waals surface area contributed by atoms with E-state index in [1.165, 1.54) is 6.08 Å². The number of carbonyl (C=O) groups is 2. The number of esters is 1. The van der Waals surface area contributed by atoms with Gasteiger partial charge in [-0.05, 0) is 33.8 Å². The summed E-state index contributed by atoms with van der Waals surface area (Å²) < 4.78 is 28.9. The van der Waals surface area contributed by atoms with Gasteiger partial charge in [0.1, 0.15) is 6.10 Å². The number of likely N-dealkylation sites (N-methyl/N-ethyl adjacent to an activating group) is 1. The second-order valence-electron chi connectivity index (χ2n) is 11.2. The van der Waals surface area contributed by atoms with Crippen LogP contribution in [-0.2, 0) is 33.3 Å². The molecule has 8 nitrogen and oxygen atoms in total. The van der Waals surface area contributed by atoms with Crippen LogP contribution in [0.4, 0.5) is 0 Å². The van der Waals surface area contributed by atoms with E-state index in [1.54, 1.807) is 38.8 Å². The summed E-state index contributed by atoms with van der Waals surface area (Å²) in [5, 5.41) is 0. The van der Waals surface area contributed by atoms with Gasteiger partial charge in [0.05, 0.1) is 49.1 Å². The summed E-state index contributed by atoms with van der Waals surface area (Å²) in [5.74, 6) is -0.688. The van der Waals surface area contributed by atoms with Crippen LogP contribution in [0.25, 0.3) is 0 Å². The van der Waals surface area contributed by atoms with Crippen molar-refractivity contribution in [2.24, 2.45) is 5.92 Å². The van der Waals surface area contributed by atoms with Crippen molar-refractivity contribution in [1.82, 2.24) is 4.90 Å². The zero-order chi connectivity index (χ0) is 26.5. The lowest BCUT2D eigenvalue weighted by Gasteiger charge is -2.38. The van der Waals surface area contributed by atoms with Crippen molar-refractivity contribution in [2.45, 2.75) is 96.5 Å². The van der Waals surface area contributed by atoms with Gasteiger partial charge in [-0.3, -0.25) is 9.59 Å². The first-order valence-electron chi connectivity index (χ1n) is 12.9. The average molecular weight is 506 g/mol. The highest BCUT2D eigenvalue weighted by Gasteiger charge is 2.53. The number of hydrogen-bond acceptors (Lipinski definition) is 7. The third kappa shape index (κ3) is 8.54. The second kappa shape index (κ2) is 12.0. The predicted octanol–water partition coefficient (Wildman–Crippen LogP) is 3.95. The Bertz CT molecular complexity index is 857. The molecule has 3 saturated heterocycles. The minimum atomic E-state index is -0.469. The largest absolute Gasteiger partial charge is 0.458 e. The first kappa shape index (κ1) is 28.6. The highest BCUT2D eigenvalue weighted by atomic mass is 16.7. The van der Waals surface area contributed by atoms with Crippen LogP contribution in [-0.4, -0.2) is 79.4 Å². The normalized spacial score (nSPS) is 31.2. The number of carbonyl (C=O) groups excluding carboxylic acids is 2. The maximum absolute atomic E-state index is 12.5. The fraction of sp³-hybridized carbons (Fsp3) is 0.714. The molecule has 0 radical (unpaired) electrons. The molecule has 0 aliphatic carbocycles. The van der Waals surface area contributed by atoms with Gasteiger partial charge in [-0.15, -0.1) is 0 Å². The van der Waals surface area contributed by atoms with Crippen molar-refractivity contribution >= 4 is 11.9 Å². The zero-order valence-corrected chi connectivity index (χ0v) is 22.8. The van der Waals surface area contributed by atoms with Crippen molar-refractivity contribution < 1.29 is 33.3 Å². The maximum atomic E-state index is 12.5. The van der Waals surface area contributed by atoms with Crippen LogP contribution in [0.2, 0.25) is 0 Å². The van der Waals surface area contributed by atoms with Crippen LogP contribution in [0.5, 0.6) is 0 Å². The minimum Gasteiger partial charge on any atom is -0.458 e. The standard InChI is InChI=1S/C28H43NO7/c1-19(2)26(31)35-21(4)10-12-24(30)29(7)22-15-32-25(33-16-22)13-9-20(3)8-11-23-14-28(18-34-28)17-27(5,6)36-23/h8-12,19,21-23,25H,13-18H2,1-7H3/b11-8+,12-10-,20-9+/t21-,22?,23+,25?,28+/m0/s1. The van der Waals surface area contributed by atoms with Crippen LogP contribution >= 0.6 is 0 Å². The van der Waals surface area contributed by atoms with E-state index in [1.807, 2.05) is 0 Å². The molecule has 1 amide bonds. The molecule has 0 bridgehead atoms. The summed E-state index contributed by atoms with van der Waals surface area (Å²) in [6, 6.07) is -0.180. The molecule has 0 aromatic heterocycles. The Kier molecular flexibility index (Phi) is 9.55. The molecule has 0 saturated carbocycles. The number of rotatable bonds is 9. The minimum absolute atomic E-state index is 0.0118. The molecule has 3 atom stereocenters. The van der Waals surface area contributed by atoms with E-state index in [2.05, 4.69) is 39.0 Å². The van der Waals surface area contributed by atoms with Gasteiger partial charge in [-0.25, -0.2) is 0 Å². The van der Waals surface area contributed by atoms with Gasteiger partial charge in [-0.2, -0.15) is 0 Å². The van der Waals surface area contributed by atoms with Crippen molar-refractivity contribution in [3.8, 4) is 0 Å². The Morgan fingerprint density at radius 2 is 1.81 bits per heavy atom. The van der Waals surface area contributed by atoms with Crippen LogP contribution in [0, 0.1) is 5.92 Å². The Balaban J connectivity index is 1.39. The van der Waals surface area contributed by atoms with E-state index < -0.39 is 6.10 Å². The monoisotopic (exact) mass is 505 g/mol. The highest BCUT2D eigenvalue weighted by Crippen LogP contribution is 2.46. The topological polar surface area (TPSA) is 86.8 Å². The van der Waals surface area contributed by atoms with Gasteiger partial charge in [-0.1, -0.05) is 37.6 Å². The van der Waals surface area contributed by atoms with E-state index in [9.17, 15) is 9.59 Å². The van der Waals surface area contributed by atoms with Gasteiger partial charge in [0.25, 0.3) is 0 Å². The number of hydrogen-bond donors (Lipinski definition) is 0. The van der Waals surface area contributed by atoms with Gasteiger partial charge in [0.15, 0.2) is 6.29 Å². The van der Waals surface area contributed by atoms with E-state index in [-0.39, 0.29) is 47.4 Å². The molecule has 36 heavy (non-hydrogen) atoms. The van der Waals surface area contributed by atoms with Gasteiger partial charge < -0.3 is 28.6 Å². The molecule has 0 aromatic rings. The molecule has 3 rings (SSSR count). The molecule has 0 N–H and O–H groups in total. The van der Waals surface area contributed by atoms with E-state index >= 15 is 0 Å². The van der Waals surface area contributed by atoms with E-state index in [4.69, 9.17) is 23.7 Å². The lowest BCUT2D eigenvalue weighted by atomic mass is 9.85. The molecule has 0 unspecified atom stereocenters. The Morgan fingerprint density at radius 3 is 2.42 bits per heavy atom. The molecule has 8 heteroatoms. The van der Waals surface area contributed by atoms with Gasteiger partial charge >= 0.3 is 5.97 Å². The fourth-order valence-corrected chi connectivity index (χ4v) is 4.51. The van der Waals surface area contributed by atoms with Gasteiger partial charge in [0, 0.05) is 32.4 Å². The number of epoxide rings is 1. The maximum Gasteiger partial charge on any atom is 0.308 e. The molecular weight excluding hydrogens is 462 g/mol. The quantitative estimate of drug-likeness (QED) is 0.203. The zero-order valence-electron chi connectivity index (χ0n) is 22.8. The third-order valence-electron chi connectivity index (χ3n) is 6.68. The van der Waals surface area contributed by atoms with Crippen LogP contribution < -0.4 is 0 Å². The summed E-state index contributed by atoms with van der Waals surface area (Å²) in [6.45, 7) is 13.2. The van der Waals surface area contributed by atoms with Crippen molar-refractivity contribution in [3.63, 3.8) is 0 Å². The first-order chi connectivity index (χ1) is 16.9. The lowest BCUT2D eigenvalue weighted by molar-refractivity contribution is -0.201. The molecule has 0 aromatic carbocycles. The molecule has 3 fully saturated rings. The highest BCUT2D eigenvalue weighted by molar-refractivity contribution is 5.87. The van der Waals surface area contributed by atoms with Crippen molar-refractivity contribution in [2.75, 3.05) is 26.9 Å². The summed E-state index contributed by atoms with van der Waals surface area (Å²) in [6.07, 6.45) is 11.0. The summed E-state index contributed by atoms with van der Waals surface area (Å²) in [5.41, 5.74) is 0.953. The van der Waals surface area contributed by atoms with Gasteiger partial charge in [0.2, 0.25) is 5.91 Å². The summed E-state index contributed by atoms with van der Waals surface area (Å²) in [4.78, 5) is 25.8. The Morgan fingerprint density at radius 1 is 1.14 bits per heavy atom. The van der Waals surface area contributed by atoms with Crippen LogP contribution in [0.15, 0.2) is 36.0 Å². The van der Waals surface area contributed by atoms with Crippen molar-refractivity contribution in [3.05, 3.63) is 36.0 Å². The molecular formula is C28H43NO7. The number of allylic oxidation sites excluding steroid dienone is 2. The number of nitrogens with zero attached hydrogens (tertiary/aromatic N) is 1. The Labute approximate surface area is 215 Å². The van der Waals surface area contributed by atoms with E-state index in [0.29, 0.717) is 19.6 Å². The predicted molar refractivity (Wildman–Crippen MR) is 136 cm³/mol. The number of amides is 1. The first-order valence-corrected chi connectivity index (χ1v) is 12.9. The lowest BCUT2D eigenvalue weighted by Crippen LogP contribution is -2.47. The summed E-state index contributed by atoms with van der Waals surface area (Å²) in [7, 11) is 1.72. The molecule has 202 valence electrons.